The summed E-state index contributed by atoms with van der Waals surface area (Å²) in [5, 5.41) is 13.5. The van der Waals surface area contributed by atoms with E-state index in [4.69, 9.17) is 4.74 Å². The Labute approximate surface area is 188 Å². The van der Waals surface area contributed by atoms with Crippen molar-refractivity contribution in [2.45, 2.75) is 45.2 Å². The van der Waals surface area contributed by atoms with Gasteiger partial charge in [0.05, 0.1) is 6.61 Å². The second-order valence-corrected chi connectivity index (χ2v) is 8.02. The van der Waals surface area contributed by atoms with Gasteiger partial charge in [-0.15, -0.1) is 0 Å². The Kier molecular flexibility index (Phi) is 7.42. The van der Waals surface area contributed by atoms with E-state index < -0.39 is 0 Å². The number of rotatable bonds is 9. The second kappa shape index (κ2) is 10.8. The standard InChI is InChI=1S/C24H32N6O2/c1-25-23(26-13-6-16-30-24(31)29-15-5-4-10-22(29)28-30)27-14-7-17-32-21-12-11-19-8-2-3-9-20(19)18-21/h2-3,8-9,11-12,18H,4-7,10,13-17H2,1H3,(H2,25,26,27). The summed E-state index contributed by atoms with van der Waals surface area (Å²) in [5.41, 5.74) is 0.0219. The Bertz CT molecular complexity index is 1120. The molecule has 0 atom stereocenters. The number of aryl methyl sites for hydroxylation is 2. The van der Waals surface area contributed by atoms with Crippen LogP contribution in [-0.4, -0.2) is 47.1 Å². The fourth-order valence-electron chi connectivity index (χ4n) is 3.98. The van der Waals surface area contributed by atoms with Crippen molar-refractivity contribution >= 4 is 16.7 Å². The molecule has 0 saturated carbocycles. The number of nitrogens with one attached hydrogen (secondary N) is 2. The van der Waals surface area contributed by atoms with Crippen molar-refractivity contribution in [1.29, 1.82) is 0 Å². The third kappa shape index (κ3) is 5.49. The van der Waals surface area contributed by atoms with Crippen molar-refractivity contribution in [3.8, 4) is 5.75 Å². The maximum absolute atomic E-state index is 12.4. The lowest BCUT2D eigenvalue weighted by molar-refractivity contribution is 0.311. The van der Waals surface area contributed by atoms with Crippen molar-refractivity contribution in [2.75, 3.05) is 26.7 Å². The molecule has 2 N–H and O–H groups in total. The number of hydrogen-bond acceptors (Lipinski definition) is 4. The first kappa shape index (κ1) is 21.9. The summed E-state index contributed by atoms with van der Waals surface area (Å²) in [4.78, 5) is 16.6. The van der Waals surface area contributed by atoms with Gasteiger partial charge in [0, 0.05) is 39.6 Å². The number of aromatic nitrogens is 3. The smallest absolute Gasteiger partial charge is 0.345 e. The molecule has 0 fully saturated rings. The van der Waals surface area contributed by atoms with Gasteiger partial charge in [-0.1, -0.05) is 30.3 Å². The molecule has 1 aliphatic rings. The first-order valence-corrected chi connectivity index (χ1v) is 11.5. The first-order valence-electron chi connectivity index (χ1n) is 11.5. The van der Waals surface area contributed by atoms with Gasteiger partial charge in [-0.05, 0) is 48.6 Å². The highest BCUT2D eigenvalue weighted by atomic mass is 16.5. The normalized spacial score (nSPS) is 13.7. The number of fused-ring (bicyclic) bond motifs is 2. The highest BCUT2D eigenvalue weighted by molar-refractivity contribution is 5.83. The average molecular weight is 437 g/mol. The van der Waals surface area contributed by atoms with E-state index in [1.807, 2.05) is 22.8 Å². The zero-order valence-electron chi connectivity index (χ0n) is 18.7. The quantitative estimate of drug-likeness (QED) is 0.306. The van der Waals surface area contributed by atoms with E-state index in [0.29, 0.717) is 13.2 Å². The minimum Gasteiger partial charge on any atom is -0.494 e. The van der Waals surface area contributed by atoms with E-state index >= 15 is 0 Å². The number of hydrogen-bond donors (Lipinski definition) is 2. The molecule has 3 aromatic rings. The van der Waals surface area contributed by atoms with Gasteiger partial charge in [0.2, 0.25) is 0 Å². The van der Waals surface area contributed by atoms with E-state index in [0.717, 1.165) is 69.3 Å². The Morgan fingerprint density at radius 3 is 2.72 bits per heavy atom. The molecule has 8 heteroatoms. The van der Waals surface area contributed by atoms with E-state index in [1.165, 1.54) is 10.8 Å². The Hall–Kier alpha value is -3.29. The Morgan fingerprint density at radius 1 is 1.09 bits per heavy atom. The van der Waals surface area contributed by atoms with Crippen molar-refractivity contribution < 1.29 is 4.74 Å². The van der Waals surface area contributed by atoms with Gasteiger partial charge in [0.1, 0.15) is 11.6 Å². The fraction of sp³-hybridized carbons (Fsp3) is 0.458. The molecule has 170 valence electrons. The lowest BCUT2D eigenvalue weighted by Crippen LogP contribution is -2.39. The Morgan fingerprint density at radius 2 is 1.91 bits per heavy atom. The zero-order chi connectivity index (χ0) is 22.2. The van der Waals surface area contributed by atoms with Crippen LogP contribution in [0.5, 0.6) is 5.75 Å². The molecule has 2 aromatic carbocycles. The van der Waals surface area contributed by atoms with Gasteiger partial charge in [-0.3, -0.25) is 9.56 Å². The molecule has 0 aliphatic carbocycles. The molecule has 2 heterocycles. The lowest BCUT2D eigenvalue weighted by Gasteiger charge is -2.12. The van der Waals surface area contributed by atoms with Gasteiger partial charge >= 0.3 is 5.69 Å². The van der Waals surface area contributed by atoms with Crippen LogP contribution < -0.4 is 21.1 Å². The summed E-state index contributed by atoms with van der Waals surface area (Å²) in [7, 11) is 1.76. The summed E-state index contributed by atoms with van der Waals surface area (Å²) >= 11 is 0. The van der Waals surface area contributed by atoms with Crippen molar-refractivity contribution in [3.05, 3.63) is 58.8 Å². The molecule has 1 aliphatic heterocycles. The molecule has 8 nitrogen and oxygen atoms in total. The highest BCUT2D eigenvalue weighted by Gasteiger charge is 2.16. The van der Waals surface area contributed by atoms with Crippen LogP contribution in [0.4, 0.5) is 0 Å². The molecule has 0 bridgehead atoms. The third-order valence-electron chi connectivity index (χ3n) is 5.70. The Balaban J connectivity index is 1.12. The maximum atomic E-state index is 12.4. The topological polar surface area (TPSA) is 85.5 Å². The molecule has 0 amide bonds. The van der Waals surface area contributed by atoms with E-state index in [-0.39, 0.29) is 5.69 Å². The van der Waals surface area contributed by atoms with Gasteiger partial charge in [-0.25, -0.2) is 9.48 Å². The molecule has 0 saturated heterocycles. The fourth-order valence-corrected chi connectivity index (χ4v) is 3.98. The number of ether oxygens (including phenoxy) is 1. The van der Waals surface area contributed by atoms with Crippen LogP contribution in [0.3, 0.4) is 0 Å². The molecule has 0 unspecified atom stereocenters. The van der Waals surface area contributed by atoms with Crippen LogP contribution in [-0.2, 0) is 19.5 Å². The van der Waals surface area contributed by atoms with E-state index in [1.54, 1.807) is 11.7 Å². The molecular weight excluding hydrogens is 404 g/mol. The van der Waals surface area contributed by atoms with Gasteiger partial charge < -0.3 is 15.4 Å². The summed E-state index contributed by atoms with van der Waals surface area (Å²) in [5.74, 6) is 2.58. The molecular formula is C24H32N6O2. The number of benzene rings is 2. The number of guanidine groups is 1. The summed E-state index contributed by atoms with van der Waals surface area (Å²) in [6.07, 6.45) is 4.76. The monoisotopic (exact) mass is 436 g/mol. The first-order chi connectivity index (χ1) is 15.7. The summed E-state index contributed by atoms with van der Waals surface area (Å²) in [6, 6.07) is 14.4. The molecule has 1 aromatic heterocycles. The molecule has 32 heavy (non-hydrogen) atoms. The summed E-state index contributed by atoms with van der Waals surface area (Å²) in [6.45, 7) is 3.54. The minimum atomic E-state index is 0.0219. The summed E-state index contributed by atoms with van der Waals surface area (Å²) < 4.78 is 9.30. The van der Waals surface area contributed by atoms with Gasteiger partial charge in [0.25, 0.3) is 0 Å². The van der Waals surface area contributed by atoms with Gasteiger partial charge in [-0.2, -0.15) is 5.10 Å². The molecule has 4 rings (SSSR count). The maximum Gasteiger partial charge on any atom is 0.345 e. The number of aliphatic imine (C=N–C) groups is 1. The zero-order valence-corrected chi connectivity index (χ0v) is 18.7. The van der Waals surface area contributed by atoms with Crippen molar-refractivity contribution in [3.63, 3.8) is 0 Å². The van der Waals surface area contributed by atoms with Crippen LogP contribution in [0.15, 0.2) is 52.3 Å². The third-order valence-corrected chi connectivity index (χ3v) is 5.70. The van der Waals surface area contributed by atoms with Crippen LogP contribution >= 0.6 is 0 Å². The predicted molar refractivity (Wildman–Crippen MR) is 127 cm³/mol. The van der Waals surface area contributed by atoms with Crippen LogP contribution in [0, 0.1) is 0 Å². The van der Waals surface area contributed by atoms with E-state index in [2.05, 4.69) is 45.0 Å². The lowest BCUT2D eigenvalue weighted by atomic mass is 10.1. The average Bonchev–Trinajstić information content (AvgIpc) is 3.15. The van der Waals surface area contributed by atoms with E-state index in [9.17, 15) is 4.79 Å². The molecule has 0 radical (unpaired) electrons. The van der Waals surface area contributed by atoms with Crippen LogP contribution in [0.2, 0.25) is 0 Å². The molecule has 0 spiro atoms. The van der Waals surface area contributed by atoms with Crippen molar-refractivity contribution in [2.24, 2.45) is 4.99 Å². The van der Waals surface area contributed by atoms with Crippen LogP contribution in [0.25, 0.3) is 10.8 Å². The predicted octanol–water partition coefficient (Wildman–Crippen LogP) is 2.56. The highest BCUT2D eigenvalue weighted by Crippen LogP contribution is 2.20. The van der Waals surface area contributed by atoms with Crippen molar-refractivity contribution in [1.82, 2.24) is 25.0 Å². The minimum absolute atomic E-state index is 0.0219. The SMILES string of the molecule is CN=C(NCCCOc1ccc2ccccc2c1)NCCCn1nc2n(c1=O)CCCC2. The number of nitrogens with zero attached hydrogens (tertiary/aromatic N) is 4. The second-order valence-electron chi connectivity index (χ2n) is 8.02. The largest absolute Gasteiger partial charge is 0.494 e. The van der Waals surface area contributed by atoms with Gasteiger partial charge in [0.15, 0.2) is 5.96 Å². The van der Waals surface area contributed by atoms with Crippen LogP contribution in [0.1, 0.15) is 31.5 Å².